The molecule has 1 N–H and O–H groups in total. The molecule has 0 bridgehead atoms. The molecule has 0 aliphatic rings. The minimum absolute atomic E-state index is 0. The van der Waals surface area contributed by atoms with E-state index in [1.165, 1.54) is 70.8 Å². The van der Waals surface area contributed by atoms with Crippen molar-refractivity contribution < 1.29 is 22.0 Å². The number of hydrogen-bond acceptors (Lipinski definition) is 1. The zero-order chi connectivity index (χ0) is 14.4. The average Bonchev–Trinajstić information content (AvgIpc) is 2.38. The third kappa shape index (κ3) is 16.3. The molecule has 0 heterocycles. The van der Waals surface area contributed by atoms with Crippen LogP contribution in [0, 0.1) is 0 Å². The van der Waals surface area contributed by atoms with Gasteiger partial charge in [0.05, 0.1) is 27.2 Å². The molecule has 0 aromatic heterocycles. The molecular formula is C17H38ClNO. The molecule has 0 fully saturated rings. The summed E-state index contributed by atoms with van der Waals surface area (Å²) in [6.45, 7) is 4.98. The third-order valence-electron chi connectivity index (χ3n) is 4.04. The van der Waals surface area contributed by atoms with Crippen LogP contribution in [-0.2, 0) is 0 Å². The van der Waals surface area contributed by atoms with Crippen LogP contribution >= 0.6 is 0 Å². The maximum absolute atomic E-state index is 8.87. The summed E-state index contributed by atoms with van der Waals surface area (Å²) in [7, 11) is 4.56. The van der Waals surface area contributed by atoms with E-state index in [1.807, 2.05) is 0 Å². The molecule has 0 saturated heterocycles. The number of aliphatic hydroxyl groups is 1. The van der Waals surface area contributed by atoms with Gasteiger partial charge in [-0.3, -0.25) is 0 Å². The van der Waals surface area contributed by atoms with E-state index < -0.39 is 0 Å². The Bertz CT molecular complexity index is 186. The Hall–Kier alpha value is 0.210. The molecule has 20 heavy (non-hydrogen) atoms. The monoisotopic (exact) mass is 307 g/mol. The molecule has 0 saturated carbocycles. The fraction of sp³-hybridized carbons (Fsp3) is 1.00. The number of unbranched alkanes of at least 4 members (excludes halogenated alkanes) is 9. The molecule has 124 valence electrons. The molecule has 0 rings (SSSR count). The lowest BCUT2D eigenvalue weighted by Crippen LogP contribution is -3.00. The minimum atomic E-state index is 0. The summed E-state index contributed by atoms with van der Waals surface area (Å²) in [5.41, 5.74) is 0. The Morgan fingerprint density at radius 2 is 1.05 bits per heavy atom. The lowest BCUT2D eigenvalue weighted by atomic mass is 10.1. The summed E-state index contributed by atoms with van der Waals surface area (Å²) in [6, 6.07) is 0. The maximum atomic E-state index is 8.87. The Morgan fingerprint density at radius 1 is 0.650 bits per heavy atom. The maximum Gasteiger partial charge on any atom is 0.0804 e. The molecule has 0 aliphatic carbocycles. The molecule has 0 radical (unpaired) electrons. The highest BCUT2D eigenvalue weighted by Gasteiger charge is 2.12. The van der Waals surface area contributed by atoms with Gasteiger partial charge in [-0.05, 0) is 12.8 Å². The Labute approximate surface area is 133 Å². The molecule has 0 aliphatic heterocycles. The fourth-order valence-corrected chi connectivity index (χ4v) is 2.64. The molecule has 0 amide bonds. The van der Waals surface area contributed by atoms with Crippen LogP contribution in [0.25, 0.3) is 0 Å². The molecule has 3 heteroatoms. The topological polar surface area (TPSA) is 20.2 Å². The first-order valence-electron chi connectivity index (χ1n) is 8.55. The molecule has 0 aromatic rings. The fourth-order valence-electron chi connectivity index (χ4n) is 2.64. The molecule has 0 atom stereocenters. The van der Waals surface area contributed by atoms with E-state index in [0.717, 1.165) is 17.4 Å². The highest BCUT2D eigenvalue weighted by Crippen LogP contribution is 2.11. The van der Waals surface area contributed by atoms with Gasteiger partial charge in [0.25, 0.3) is 0 Å². The van der Waals surface area contributed by atoms with Gasteiger partial charge in [-0.1, -0.05) is 58.3 Å². The van der Waals surface area contributed by atoms with E-state index in [2.05, 4.69) is 21.0 Å². The highest BCUT2D eigenvalue weighted by molar-refractivity contribution is 4.47. The smallest absolute Gasteiger partial charge is 0.0804 e. The standard InChI is InChI=1S/C17H38NO.ClH/c1-4-5-6-7-8-9-10-11-12-13-15-18(2,3)16-14-17-19;/h19H,4-17H2,1-3H3;1H/q+1;/p-1. The molecular weight excluding hydrogens is 270 g/mol. The first-order chi connectivity index (χ1) is 9.12. The van der Waals surface area contributed by atoms with Crippen LogP contribution in [0.2, 0.25) is 0 Å². The Balaban J connectivity index is 0. The summed E-state index contributed by atoms with van der Waals surface area (Å²) in [4.78, 5) is 0. The van der Waals surface area contributed by atoms with E-state index in [1.54, 1.807) is 0 Å². The van der Waals surface area contributed by atoms with Gasteiger partial charge in [0.15, 0.2) is 0 Å². The molecule has 0 spiro atoms. The summed E-state index contributed by atoms with van der Waals surface area (Å²) in [5, 5.41) is 8.87. The molecule has 2 nitrogen and oxygen atoms in total. The van der Waals surface area contributed by atoms with Gasteiger partial charge in [0, 0.05) is 13.0 Å². The van der Waals surface area contributed by atoms with Crippen molar-refractivity contribution in [2.24, 2.45) is 0 Å². The van der Waals surface area contributed by atoms with Crippen molar-refractivity contribution in [2.45, 2.75) is 77.6 Å². The number of quaternary nitrogens is 1. The van der Waals surface area contributed by atoms with Crippen LogP contribution in [0.3, 0.4) is 0 Å². The summed E-state index contributed by atoms with van der Waals surface area (Å²) >= 11 is 0. The van der Waals surface area contributed by atoms with Crippen molar-refractivity contribution in [1.82, 2.24) is 0 Å². The van der Waals surface area contributed by atoms with Crippen molar-refractivity contribution in [3.63, 3.8) is 0 Å². The Morgan fingerprint density at radius 3 is 1.50 bits per heavy atom. The van der Waals surface area contributed by atoms with Gasteiger partial charge in [0.1, 0.15) is 0 Å². The first-order valence-corrected chi connectivity index (χ1v) is 8.55. The predicted octanol–water partition coefficient (Wildman–Crippen LogP) is 1.37. The van der Waals surface area contributed by atoms with Crippen molar-refractivity contribution >= 4 is 0 Å². The lowest BCUT2D eigenvalue weighted by molar-refractivity contribution is -0.890. The normalized spacial score (nSPS) is 11.4. The first kappa shape index (κ1) is 22.5. The zero-order valence-electron chi connectivity index (χ0n) is 14.2. The largest absolute Gasteiger partial charge is 1.00 e. The van der Waals surface area contributed by atoms with Gasteiger partial charge >= 0.3 is 0 Å². The van der Waals surface area contributed by atoms with Crippen molar-refractivity contribution in [1.29, 1.82) is 0 Å². The third-order valence-corrected chi connectivity index (χ3v) is 4.04. The van der Waals surface area contributed by atoms with Crippen molar-refractivity contribution in [2.75, 3.05) is 33.8 Å². The highest BCUT2D eigenvalue weighted by atomic mass is 35.5. The van der Waals surface area contributed by atoms with Gasteiger partial charge in [-0.25, -0.2) is 0 Å². The minimum Gasteiger partial charge on any atom is -1.00 e. The molecule has 0 unspecified atom stereocenters. The second-order valence-electron chi connectivity index (χ2n) is 6.64. The second kappa shape index (κ2) is 15.6. The summed E-state index contributed by atoms with van der Waals surface area (Å²) < 4.78 is 1.07. The summed E-state index contributed by atoms with van der Waals surface area (Å²) in [5.74, 6) is 0. The van der Waals surface area contributed by atoms with Crippen molar-refractivity contribution in [3.8, 4) is 0 Å². The van der Waals surface area contributed by atoms with Crippen molar-refractivity contribution in [3.05, 3.63) is 0 Å². The quantitative estimate of drug-likeness (QED) is 0.380. The van der Waals surface area contributed by atoms with E-state index in [4.69, 9.17) is 5.11 Å². The van der Waals surface area contributed by atoms with Gasteiger partial charge in [-0.15, -0.1) is 0 Å². The predicted molar refractivity (Wildman–Crippen MR) is 85.4 cm³/mol. The van der Waals surface area contributed by atoms with Crippen LogP contribution in [-0.4, -0.2) is 43.4 Å². The van der Waals surface area contributed by atoms with Crippen LogP contribution in [0.4, 0.5) is 0 Å². The number of halogens is 1. The van der Waals surface area contributed by atoms with Gasteiger partial charge in [-0.2, -0.15) is 0 Å². The van der Waals surface area contributed by atoms with E-state index in [0.29, 0.717) is 6.61 Å². The lowest BCUT2D eigenvalue weighted by Gasteiger charge is -2.29. The van der Waals surface area contributed by atoms with Crippen LogP contribution < -0.4 is 12.4 Å². The van der Waals surface area contributed by atoms with Crippen LogP contribution in [0.1, 0.15) is 77.6 Å². The average molecular weight is 308 g/mol. The van der Waals surface area contributed by atoms with Crippen LogP contribution in [0.15, 0.2) is 0 Å². The van der Waals surface area contributed by atoms with E-state index in [-0.39, 0.29) is 12.4 Å². The van der Waals surface area contributed by atoms with Crippen LogP contribution in [0.5, 0.6) is 0 Å². The number of hydrogen-bond donors (Lipinski definition) is 1. The van der Waals surface area contributed by atoms with Gasteiger partial charge < -0.3 is 22.0 Å². The zero-order valence-corrected chi connectivity index (χ0v) is 14.9. The summed E-state index contributed by atoms with van der Waals surface area (Å²) in [6.07, 6.45) is 15.0. The number of rotatable bonds is 14. The Kier molecular flexibility index (Phi) is 17.5. The number of nitrogens with zero attached hydrogens (tertiary/aromatic N) is 1. The molecule has 0 aromatic carbocycles. The van der Waals surface area contributed by atoms with E-state index >= 15 is 0 Å². The van der Waals surface area contributed by atoms with Gasteiger partial charge in [0.2, 0.25) is 0 Å². The van der Waals surface area contributed by atoms with E-state index in [9.17, 15) is 0 Å². The number of aliphatic hydroxyl groups excluding tert-OH is 1. The SMILES string of the molecule is CCCCCCCCCCCC[N+](C)(C)CCCO.[Cl-]. The second-order valence-corrected chi connectivity index (χ2v) is 6.64.